The van der Waals surface area contributed by atoms with Crippen molar-refractivity contribution in [3.8, 4) is 0 Å². The number of anilines is 1. The first-order valence-corrected chi connectivity index (χ1v) is 8.64. The van der Waals surface area contributed by atoms with E-state index < -0.39 is 22.7 Å². The quantitative estimate of drug-likeness (QED) is 0.778. The molecule has 1 saturated heterocycles. The highest BCUT2D eigenvalue weighted by atomic mass is 35.5. The van der Waals surface area contributed by atoms with Gasteiger partial charge in [-0.2, -0.15) is 13.2 Å². The van der Waals surface area contributed by atoms with Crippen LogP contribution in [0.4, 0.5) is 18.9 Å². The summed E-state index contributed by atoms with van der Waals surface area (Å²) in [5, 5.41) is 2.02. The van der Waals surface area contributed by atoms with E-state index in [1.165, 1.54) is 6.07 Å². The normalized spacial score (nSPS) is 18.4. The molecule has 1 aromatic rings. The van der Waals surface area contributed by atoms with Gasteiger partial charge in [0.1, 0.15) is 0 Å². The zero-order valence-corrected chi connectivity index (χ0v) is 15.0. The fourth-order valence-electron chi connectivity index (χ4n) is 2.88. The van der Waals surface area contributed by atoms with Gasteiger partial charge in [-0.25, -0.2) is 0 Å². The van der Waals surface area contributed by atoms with Crippen LogP contribution in [0.5, 0.6) is 0 Å². The molecular weight excluding hydrogens is 373 g/mol. The van der Waals surface area contributed by atoms with Gasteiger partial charge in [-0.15, -0.1) is 0 Å². The molecule has 0 saturated carbocycles. The van der Waals surface area contributed by atoms with E-state index >= 15 is 0 Å². The van der Waals surface area contributed by atoms with Gasteiger partial charge >= 0.3 is 12.1 Å². The van der Waals surface area contributed by atoms with Crippen molar-refractivity contribution in [2.75, 3.05) is 31.6 Å². The van der Waals surface area contributed by atoms with Crippen molar-refractivity contribution < 1.29 is 27.5 Å². The Morgan fingerprint density at radius 1 is 1.38 bits per heavy atom. The van der Waals surface area contributed by atoms with Gasteiger partial charge in [0.25, 0.3) is 0 Å². The van der Waals surface area contributed by atoms with Gasteiger partial charge in [0.15, 0.2) is 0 Å². The maximum Gasteiger partial charge on any atom is 0.417 e. The maximum atomic E-state index is 12.9. The number of rotatable bonds is 5. The molecule has 0 bridgehead atoms. The average molecular weight is 393 g/mol. The number of esters is 1. The Balaban J connectivity index is 1.95. The van der Waals surface area contributed by atoms with Gasteiger partial charge in [0, 0.05) is 12.2 Å². The number of nitrogens with one attached hydrogen (secondary N) is 1. The Morgan fingerprint density at radius 2 is 2.12 bits per heavy atom. The third kappa shape index (κ3) is 5.60. The molecule has 0 aromatic heterocycles. The second-order valence-electron chi connectivity index (χ2n) is 6.07. The zero-order valence-electron chi connectivity index (χ0n) is 14.2. The van der Waals surface area contributed by atoms with E-state index in [4.69, 9.17) is 16.3 Å². The Morgan fingerprint density at radius 3 is 2.77 bits per heavy atom. The number of piperidine rings is 1. The van der Waals surface area contributed by atoms with Crippen LogP contribution in [0.2, 0.25) is 5.02 Å². The number of ether oxygens (including phenoxy) is 1. The lowest BCUT2D eigenvalue weighted by atomic mass is 9.98. The molecule has 0 spiro atoms. The van der Waals surface area contributed by atoms with Crippen LogP contribution >= 0.6 is 11.6 Å². The standard InChI is InChI=1S/C17H20ClF3N2O3/c1-2-26-16(25)11-4-3-7-23(9-11)10-15(24)22-12-5-6-14(18)13(8-12)17(19,20)21/h5-6,8,11H,2-4,7,9-10H2,1H3,(H,22,24)/t11-/m1/s1. The van der Waals surface area contributed by atoms with Gasteiger partial charge in [-0.05, 0) is 44.5 Å². The molecule has 1 heterocycles. The molecule has 0 radical (unpaired) electrons. The molecule has 1 aliphatic rings. The van der Waals surface area contributed by atoms with Gasteiger partial charge < -0.3 is 10.1 Å². The molecule has 1 atom stereocenters. The average Bonchev–Trinajstić information content (AvgIpc) is 2.56. The minimum Gasteiger partial charge on any atom is -0.466 e. The molecule has 9 heteroatoms. The Labute approximate surface area is 154 Å². The number of hydrogen-bond donors (Lipinski definition) is 1. The molecule has 0 unspecified atom stereocenters. The summed E-state index contributed by atoms with van der Waals surface area (Å²) >= 11 is 5.56. The Kier molecular flexibility index (Phi) is 6.88. The predicted octanol–water partition coefficient (Wildman–Crippen LogP) is 3.57. The summed E-state index contributed by atoms with van der Waals surface area (Å²) in [7, 11) is 0. The number of carbonyl (C=O) groups excluding carboxylic acids is 2. The Bertz CT molecular complexity index is 667. The lowest BCUT2D eigenvalue weighted by Crippen LogP contribution is -2.43. The van der Waals surface area contributed by atoms with Crippen molar-refractivity contribution in [3.05, 3.63) is 28.8 Å². The highest BCUT2D eigenvalue weighted by molar-refractivity contribution is 6.31. The first-order valence-electron chi connectivity index (χ1n) is 8.26. The third-order valence-electron chi connectivity index (χ3n) is 4.05. The van der Waals surface area contributed by atoms with E-state index in [0.717, 1.165) is 18.6 Å². The van der Waals surface area contributed by atoms with Gasteiger partial charge in [-0.1, -0.05) is 11.6 Å². The summed E-state index contributed by atoms with van der Waals surface area (Å²) in [5.41, 5.74) is -0.983. The van der Waals surface area contributed by atoms with Gasteiger partial charge in [0.05, 0.1) is 29.7 Å². The van der Waals surface area contributed by atoms with Crippen LogP contribution < -0.4 is 5.32 Å². The van der Waals surface area contributed by atoms with Crippen LogP contribution in [-0.2, 0) is 20.5 Å². The number of alkyl halides is 3. The topological polar surface area (TPSA) is 58.6 Å². The zero-order chi connectivity index (χ0) is 19.3. The first-order chi connectivity index (χ1) is 12.2. The minimum absolute atomic E-state index is 0.0140. The molecule has 1 aromatic carbocycles. The molecule has 5 nitrogen and oxygen atoms in total. The molecule has 1 N–H and O–H groups in total. The molecule has 0 aliphatic carbocycles. The van der Waals surface area contributed by atoms with Crippen LogP contribution in [0.25, 0.3) is 0 Å². The maximum absolute atomic E-state index is 12.9. The van der Waals surface area contributed by atoms with Crippen molar-refractivity contribution in [1.29, 1.82) is 0 Å². The van der Waals surface area contributed by atoms with Crippen LogP contribution in [0.15, 0.2) is 18.2 Å². The van der Waals surface area contributed by atoms with Gasteiger partial charge in [0.2, 0.25) is 5.91 Å². The summed E-state index contributed by atoms with van der Waals surface area (Å²) in [5.74, 6) is -1.03. The highest BCUT2D eigenvalue weighted by Gasteiger charge is 2.33. The molecule has 2 rings (SSSR count). The number of halogens is 4. The van der Waals surface area contributed by atoms with Crippen molar-refractivity contribution in [2.45, 2.75) is 25.9 Å². The molecular formula is C17H20ClF3N2O3. The SMILES string of the molecule is CCOC(=O)[C@@H]1CCCN(CC(=O)Nc2ccc(Cl)c(C(F)(F)F)c2)C1. The molecule has 1 aliphatic heterocycles. The molecule has 144 valence electrons. The second-order valence-corrected chi connectivity index (χ2v) is 6.47. The molecule has 1 fully saturated rings. The number of likely N-dealkylation sites (tertiary alicyclic amines) is 1. The summed E-state index contributed by atoms with van der Waals surface area (Å²) in [6, 6.07) is 3.21. The molecule has 1 amide bonds. The largest absolute Gasteiger partial charge is 0.466 e. The monoisotopic (exact) mass is 392 g/mol. The smallest absolute Gasteiger partial charge is 0.417 e. The predicted molar refractivity (Wildman–Crippen MR) is 90.9 cm³/mol. The summed E-state index contributed by atoms with van der Waals surface area (Å²) in [6.45, 7) is 3.04. The fraction of sp³-hybridized carbons (Fsp3) is 0.529. The van der Waals surface area contributed by atoms with E-state index in [-0.39, 0.29) is 24.1 Å². The van der Waals surface area contributed by atoms with E-state index in [2.05, 4.69) is 5.32 Å². The fourth-order valence-corrected chi connectivity index (χ4v) is 3.10. The molecule has 26 heavy (non-hydrogen) atoms. The number of benzene rings is 1. The number of carbonyl (C=O) groups is 2. The van der Waals surface area contributed by atoms with Crippen LogP contribution in [0, 0.1) is 5.92 Å². The van der Waals surface area contributed by atoms with E-state index in [0.29, 0.717) is 26.1 Å². The first kappa shape index (κ1) is 20.5. The van der Waals surface area contributed by atoms with Crippen molar-refractivity contribution in [1.82, 2.24) is 4.90 Å². The lowest BCUT2D eigenvalue weighted by Gasteiger charge is -2.30. The second kappa shape index (κ2) is 8.73. The van der Waals surface area contributed by atoms with Crippen LogP contribution in [0.3, 0.4) is 0 Å². The van der Waals surface area contributed by atoms with Gasteiger partial charge in [-0.3, -0.25) is 14.5 Å². The number of hydrogen-bond acceptors (Lipinski definition) is 4. The van der Waals surface area contributed by atoms with Crippen LogP contribution in [0.1, 0.15) is 25.3 Å². The summed E-state index contributed by atoms with van der Waals surface area (Å²) in [6.07, 6.45) is -3.16. The highest BCUT2D eigenvalue weighted by Crippen LogP contribution is 2.36. The third-order valence-corrected chi connectivity index (χ3v) is 4.38. The number of amides is 1. The van der Waals surface area contributed by atoms with E-state index in [1.807, 2.05) is 0 Å². The van der Waals surface area contributed by atoms with E-state index in [1.54, 1.807) is 11.8 Å². The van der Waals surface area contributed by atoms with Crippen molar-refractivity contribution >= 4 is 29.2 Å². The van der Waals surface area contributed by atoms with Crippen LogP contribution in [-0.4, -0.2) is 43.0 Å². The minimum atomic E-state index is -4.60. The van der Waals surface area contributed by atoms with Crippen molar-refractivity contribution in [3.63, 3.8) is 0 Å². The lowest BCUT2D eigenvalue weighted by molar-refractivity contribution is -0.150. The summed E-state index contributed by atoms with van der Waals surface area (Å²) < 4.78 is 43.6. The summed E-state index contributed by atoms with van der Waals surface area (Å²) in [4.78, 5) is 25.8. The Hall–Kier alpha value is -1.80. The van der Waals surface area contributed by atoms with Crippen molar-refractivity contribution in [2.24, 2.45) is 5.92 Å². The van der Waals surface area contributed by atoms with E-state index in [9.17, 15) is 22.8 Å². The number of nitrogens with zero attached hydrogens (tertiary/aromatic N) is 1.